The molecule has 2 aromatic carbocycles. The van der Waals surface area contributed by atoms with Crippen molar-refractivity contribution in [3.8, 4) is 0 Å². The van der Waals surface area contributed by atoms with E-state index in [9.17, 15) is 13.2 Å². The van der Waals surface area contributed by atoms with Gasteiger partial charge in [-0.15, -0.1) is 4.40 Å². The number of anilines is 2. The summed E-state index contributed by atoms with van der Waals surface area (Å²) in [5.41, 5.74) is 1.91. The number of amides is 1. The van der Waals surface area contributed by atoms with Gasteiger partial charge < -0.3 is 10.2 Å². The molecule has 0 unspecified atom stereocenters. The van der Waals surface area contributed by atoms with Crippen LogP contribution in [-0.4, -0.2) is 36.5 Å². The van der Waals surface area contributed by atoms with E-state index in [0.29, 0.717) is 30.3 Å². The minimum Gasteiger partial charge on any atom is -0.328 e. The summed E-state index contributed by atoms with van der Waals surface area (Å²) in [4.78, 5) is 15.0. The molecule has 1 amide bonds. The van der Waals surface area contributed by atoms with Crippen LogP contribution in [0.25, 0.3) is 0 Å². The maximum Gasteiger partial charge on any atom is 0.286 e. The van der Waals surface area contributed by atoms with E-state index in [2.05, 4.69) is 14.8 Å². The van der Waals surface area contributed by atoms with Gasteiger partial charge in [0.1, 0.15) is 16.5 Å². The number of sulfonamides is 1. The Balaban J connectivity index is 1.41. The molecule has 3 heterocycles. The number of amidine groups is 1. The molecule has 32 heavy (non-hydrogen) atoms. The van der Waals surface area contributed by atoms with Crippen molar-refractivity contribution in [2.45, 2.75) is 37.1 Å². The van der Waals surface area contributed by atoms with E-state index in [1.54, 1.807) is 29.1 Å². The molecule has 9 heteroatoms. The van der Waals surface area contributed by atoms with Crippen molar-refractivity contribution in [1.29, 1.82) is 0 Å². The molecule has 0 spiro atoms. The molecule has 2 aliphatic rings. The molecule has 0 aliphatic carbocycles. The van der Waals surface area contributed by atoms with Crippen molar-refractivity contribution in [1.82, 2.24) is 9.78 Å². The van der Waals surface area contributed by atoms with Crippen molar-refractivity contribution < 1.29 is 13.2 Å². The van der Waals surface area contributed by atoms with Gasteiger partial charge in [-0.05, 0) is 36.6 Å². The number of benzene rings is 2. The van der Waals surface area contributed by atoms with Crippen LogP contribution in [0.4, 0.5) is 11.5 Å². The quantitative estimate of drug-likeness (QED) is 0.656. The molecule has 0 atom stereocenters. The summed E-state index contributed by atoms with van der Waals surface area (Å²) in [7, 11) is -3.85. The summed E-state index contributed by atoms with van der Waals surface area (Å²) in [6.45, 7) is 1.24. The maximum absolute atomic E-state index is 13.0. The molecule has 164 valence electrons. The van der Waals surface area contributed by atoms with Crippen molar-refractivity contribution in [3.05, 3.63) is 71.9 Å². The van der Waals surface area contributed by atoms with Gasteiger partial charge in [-0.2, -0.15) is 13.5 Å². The molecule has 3 aromatic rings. The second-order valence-electron chi connectivity index (χ2n) is 7.94. The van der Waals surface area contributed by atoms with Crippen molar-refractivity contribution >= 4 is 33.3 Å². The normalized spacial score (nSPS) is 17.0. The highest BCUT2D eigenvalue weighted by Crippen LogP contribution is 2.35. The maximum atomic E-state index is 13.0. The smallest absolute Gasteiger partial charge is 0.286 e. The fourth-order valence-electron chi connectivity index (χ4n) is 4.13. The Kier molecular flexibility index (Phi) is 5.26. The third kappa shape index (κ3) is 3.91. The molecule has 0 bridgehead atoms. The molecule has 1 fully saturated rings. The third-order valence-electron chi connectivity index (χ3n) is 5.74. The number of fused-ring (bicyclic) bond motifs is 3. The number of hydrogen-bond acceptors (Lipinski definition) is 5. The molecule has 2 aliphatic heterocycles. The van der Waals surface area contributed by atoms with Gasteiger partial charge in [0.2, 0.25) is 0 Å². The number of carbonyl (C=O) groups excluding carboxylic acids is 1. The number of nitrogens with one attached hydrogen (secondary N) is 1. The largest absolute Gasteiger partial charge is 0.328 e. The average Bonchev–Trinajstić information content (AvgIpc) is 3.08. The number of nitrogens with zero attached hydrogens (tertiary/aromatic N) is 4. The average molecular weight is 450 g/mol. The summed E-state index contributed by atoms with van der Waals surface area (Å²) in [5, 5.41) is 7.13. The highest BCUT2D eigenvalue weighted by Gasteiger charge is 2.32. The number of hydrogen-bond donors (Lipinski definition) is 1. The van der Waals surface area contributed by atoms with Crippen LogP contribution in [0, 0.1) is 0 Å². The Hall–Kier alpha value is -3.46. The zero-order valence-electron chi connectivity index (χ0n) is 17.4. The van der Waals surface area contributed by atoms with Gasteiger partial charge in [-0.25, -0.2) is 4.68 Å². The molecule has 0 radical (unpaired) electrons. The fraction of sp³-hybridized carbons (Fsp3) is 0.261. The SMILES string of the molecule is O=C(Nc1ccnn1Cc1ccccc1)c1ccc2c(c1)S(=O)(=O)N=C1CCCCCN12. The summed E-state index contributed by atoms with van der Waals surface area (Å²) >= 11 is 0. The Morgan fingerprint density at radius 3 is 2.72 bits per heavy atom. The van der Waals surface area contributed by atoms with E-state index >= 15 is 0 Å². The highest BCUT2D eigenvalue weighted by atomic mass is 32.2. The molecular formula is C23H23N5O3S. The first-order valence-corrected chi connectivity index (χ1v) is 12.1. The van der Waals surface area contributed by atoms with Crippen LogP contribution in [0.2, 0.25) is 0 Å². The lowest BCUT2D eigenvalue weighted by molar-refractivity contribution is 0.102. The third-order valence-corrected chi connectivity index (χ3v) is 7.08. The van der Waals surface area contributed by atoms with E-state index in [-0.39, 0.29) is 10.5 Å². The van der Waals surface area contributed by atoms with E-state index in [1.165, 1.54) is 6.07 Å². The second-order valence-corrected chi connectivity index (χ2v) is 9.51. The van der Waals surface area contributed by atoms with Gasteiger partial charge >= 0.3 is 0 Å². The fourth-order valence-corrected chi connectivity index (χ4v) is 5.41. The standard InChI is InChI=1S/C23H23N5O3S/c29-23(25-21-12-13-24-28(21)16-17-7-3-1-4-8-17)18-10-11-19-20(15-18)32(30,31)26-22-9-5-2-6-14-27(19)22/h1,3-4,7-8,10-13,15H,2,5-6,9,14,16H2,(H,25,29). The van der Waals surface area contributed by atoms with Crippen LogP contribution in [0.15, 0.2) is 70.1 Å². The van der Waals surface area contributed by atoms with Gasteiger partial charge in [-0.1, -0.05) is 36.8 Å². The Morgan fingerprint density at radius 1 is 1.03 bits per heavy atom. The van der Waals surface area contributed by atoms with E-state index in [1.807, 2.05) is 35.2 Å². The summed E-state index contributed by atoms with van der Waals surface area (Å²) in [6.07, 6.45) is 5.21. The van der Waals surface area contributed by atoms with E-state index < -0.39 is 15.9 Å². The predicted octanol–water partition coefficient (Wildman–Crippen LogP) is 3.66. The molecule has 1 N–H and O–H groups in total. The number of carbonyl (C=O) groups is 1. The summed E-state index contributed by atoms with van der Waals surface area (Å²) < 4.78 is 31.4. The zero-order chi connectivity index (χ0) is 22.1. The van der Waals surface area contributed by atoms with Crippen LogP contribution in [0.5, 0.6) is 0 Å². The molecule has 8 nitrogen and oxygen atoms in total. The summed E-state index contributed by atoms with van der Waals surface area (Å²) in [6, 6.07) is 16.3. The van der Waals surface area contributed by atoms with Gasteiger partial charge in [0.05, 0.1) is 18.4 Å². The lowest BCUT2D eigenvalue weighted by Crippen LogP contribution is -2.35. The van der Waals surface area contributed by atoms with Crippen LogP contribution >= 0.6 is 0 Å². The summed E-state index contributed by atoms with van der Waals surface area (Å²) in [5.74, 6) is 0.729. The van der Waals surface area contributed by atoms with E-state index in [4.69, 9.17) is 0 Å². The van der Waals surface area contributed by atoms with Crippen LogP contribution in [0.1, 0.15) is 41.6 Å². The van der Waals surface area contributed by atoms with Gasteiger partial charge in [0.25, 0.3) is 15.9 Å². The van der Waals surface area contributed by atoms with Crippen LogP contribution < -0.4 is 10.2 Å². The number of rotatable bonds is 4. The lowest BCUT2D eigenvalue weighted by atomic mass is 10.1. The van der Waals surface area contributed by atoms with Gasteiger partial charge in [-0.3, -0.25) is 4.79 Å². The monoisotopic (exact) mass is 449 g/mol. The second kappa shape index (κ2) is 8.23. The van der Waals surface area contributed by atoms with Crippen molar-refractivity contribution in [2.24, 2.45) is 4.40 Å². The topological polar surface area (TPSA) is 96.7 Å². The molecule has 5 rings (SSSR count). The highest BCUT2D eigenvalue weighted by molar-refractivity contribution is 7.90. The molecule has 0 saturated carbocycles. The minimum atomic E-state index is -3.85. The Labute approximate surface area is 186 Å². The minimum absolute atomic E-state index is 0.0774. The van der Waals surface area contributed by atoms with Gasteiger partial charge in [0.15, 0.2) is 0 Å². The lowest BCUT2D eigenvalue weighted by Gasteiger charge is -2.29. The van der Waals surface area contributed by atoms with E-state index in [0.717, 1.165) is 31.4 Å². The van der Waals surface area contributed by atoms with Crippen LogP contribution in [0.3, 0.4) is 0 Å². The molecule has 1 aromatic heterocycles. The Morgan fingerprint density at radius 2 is 1.88 bits per heavy atom. The van der Waals surface area contributed by atoms with Crippen LogP contribution in [-0.2, 0) is 16.6 Å². The van der Waals surface area contributed by atoms with Crippen molar-refractivity contribution in [2.75, 3.05) is 16.8 Å². The first-order chi connectivity index (χ1) is 15.5. The molecule has 1 saturated heterocycles. The molecular weight excluding hydrogens is 426 g/mol. The van der Waals surface area contributed by atoms with Crippen molar-refractivity contribution in [3.63, 3.8) is 0 Å². The zero-order valence-corrected chi connectivity index (χ0v) is 18.3. The van der Waals surface area contributed by atoms with Gasteiger partial charge in [0, 0.05) is 24.6 Å². The Bertz CT molecular complexity index is 1300. The first-order valence-electron chi connectivity index (χ1n) is 10.6. The predicted molar refractivity (Wildman–Crippen MR) is 123 cm³/mol. The number of aromatic nitrogens is 2. The first kappa shape index (κ1) is 20.4.